The summed E-state index contributed by atoms with van der Waals surface area (Å²) in [6, 6.07) is -8.77. The second kappa shape index (κ2) is 5.46. The Balaban J connectivity index is 7.11. The molecule has 0 aliphatic heterocycles. The van der Waals surface area contributed by atoms with Crippen molar-refractivity contribution in [2.45, 2.75) is 18.5 Å². The van der Waals surface area contributed by atoms with Gasteiger partial charge in [-0.15, -0.1) is 0 Å². The third-order valence-corrected chi connectivity index (χ3v) is 2.17. The van der Waals surface area contributed by atoms with Gasteiger partial charge in [0.05, 0.1) is 0 Å². The van der Waals surface area contributed by atoms with Crippen LogP contribution in [0.25, 0.3) is 0 Å². The Hall–Kier alpha value is -1.76. The molecule has 0 rings (SSSR count). The molecule has 22 heavy (non-hydrogen) atoms. The molecular weight excluding hydrogens is 356 g/mol. The number of hydrogen-bond acceptors (Lipinski definition) is 2. The maximum absolute atomic E-state index is 13.2. The first kappa shape index (κ1) is 20.2. The molecule has 0 aromatic carbocycles. The van der Waals surface area contributed by atoms with Crippen LogP contribution in [0.2, 0.25) is 0 Å². The molecule has 0 spiro atoms. The van der Waals surface area contributed by atoms with Crippen molar-refractivity contribution < 1.29 is 62.3 Å². The summed E-state index contributed by atoms with van der Waals surface area (Å²) in [6.45, 7) is 0. The van der Waals surface area contributed by atoms with Crippen LogP contribution in [0.5, 0.6) is 0 Å². The molecule has 0 atom stereocenters. The van der Waals surface area contributed by atoms with Gasteiger partial charge >= 0.3 is 36.0 Å². The Labute approximate surface area is 111 Å². The lowest BCUT2D eigenvalue weighted by Gasteiger charge is -2.32. The van der Waals surface area contributed by atoms with Crippen LogP contribution in [-0.4, -0.2) is 30.6 Å². The molecule has 0 aromatic heterocycles. The van der Waals surface area contributed by atoms with Crippen LogP contribution in [0, 0.1) is 5.41 Å². The fourth-order valence-corrected chi connectivity index (χ4v) is 1.23. The lowest BCUT2D eigenvalue weighted by Crippen LogP contribution is -2.56. The van der Waals surface area contributed by atoms with Crippen LogP contribution >= 0.6 is 0 Å². The van der Waals surface area contributed by atoms with E-state index >= 15 is 0 Å². The molecule has 0 unspecified atom stereocenters. The highest BCUT2D eigenvalue weighted by Gasteiger charge is 2.80. The predicted molar refractivity (Wildman–Crippen MR) is 41.0 cm³/mol. The van der Waals surface area contributed by atoms with E-state index in [9.17, 15) is 62.3 Å². The molecule has 0 radical (unpaired) electrons. The van der Waals surface area contributed by atoms with Gasteiger partial charge in [-0.05, 0) is 0 Å². The number of hydrogen-bond donors (Lipinski definition) is 0. The van der Waals surface area contributed by atoms with Crippen molar-refractivity contribution in [3.63, 3.8) is 0 Å². The summed E-state index contributed by atoms with van der Waals surface area (Å²) in [7, 11) is 0. The van der Waals surface area contributed by atoms with Crippen molar-refractivity contribution in [3.8, 4) is 0 Å². The summed E-state index contributed by atoms with van der Waals surface area (Å²) in [5.41, 5.74) is -11.2. The topological polar surface area (TPSA) is 34.1 Å². The van der Waals surface area contributed by atoms with Crippen molar-refractivity contribution in [1.82, 2.24) is 0 Å². The van der Waals surface area contributed by atoms with E-state index in [0.29, 0.717) is 0 Å². The van der Waals surface area contributed by atoms with Crippen molar-refractivity contribution in [1.29, 1.82) is 0 Å². The number of halogens is 12. The first-order chi connectivity index (χ1) is 9.42. The predicted octanol–water partition coefficient (Wildman–Crippen LogP) is 3.88. The van der Waals surface area contributed by atoms with Gasteiger partial charge in [-0.2, -0.15) is 48.3 Å². The number of carbonyl (C=O) groups is 2. The van der Waals surface area contributed by atoms with Gasteiger partial charge in [-0.3, -0.25) is 9.59 Å². The van der Waals surface area contributed by atoms with Crippen LogP contribution < -0.4 is 0 Å². The number of carbonyl (C=O) groups excluding carboxylic acids is 2. The summed E-state index contributed by atoms with van der Waals surface area (Å²) in [6.07, 6.45) is -21.4. The van der Waals surface area contributed by atoms with Crippen LogP contribution in [0.3, 0.4) is 0 Å². The highest BCUT2D eigenvalue weighted by Crippen LogP contribution is 2.58. The first-order valence-electron chi connectivity index (χ1n) is 4.43. The molecule has 0 fully saturated rings. The molecule has 128 valence electrons. The van der Waals surface area contributed by atoms with Gasteiger partial charge in [0.25, 0.3) is 0 Å². The SMILES string of the molecule is O=C(F)C(=C(F)C(C(=O)F)(C(F)(F)F)C(F)(F)F)C(F)(F)F. The van der Waals surface area contributed by atoms with E-state index in [0.717, 1.165) is 0 Å². The lowest BCUT2D eigenvalue weighted by atomic mass is 9.83. The Bertz CT molecular complexity index is 491. The normalized spacial score (nSPS) is 15.5. The van der Waals surface area contributed by atoms with Crippen molar-refractivity contribution in [2.75, 3.05) is 0 Å². The lowest BCUT2D eigenvalue weighted by molar-refractivity contribution is -0.319. The van der Waals surface area contributed by atoms with E-state index in [1.807, 2.05) is 0 Å². The van der Waals surface area contributed by atoms with Gasteiger partial charge in [0, 0.05) is 0 Å². The standard InChI is InChI=1S/C8F12O2/c9-2(1(3(10)21)6(12,13)14)5(4(11)22,7(15,16)17)8(18,19)20. The molecule has 0 N–H and O–H groups in total. The van der Waals surface area contributed by atoms with Crippen LogP contribution in [0.4, 0.5) is 52.7 Å². The van der Waals surface area contributed by atoms with E-state index in [1.165, 1.54) is 0 Å². The quantitative estimate of drug-likeness (QED) is 0.437. The van der Waals surface area contributed by atoms with Crippen LogP contribution in [0.15, 0.2) is 11.4 Å². The molecule has 2 nitrogen and oxygen atoms in total. The Morgan fingerprint density at radius 2 is 0.955 bits per heavy atom. The largest absolute Gasteiger partial charge is 0.425 e. The zero-order valence-electron chi connectivity index (χ0n) is 9.35. The molecule has 0 amide bonds. The van der Waals surface area contributed by atoms with E-state index < -0.39 is 47.4 Å². The van der Waals surface area contributed by atoms with Gasteiger partial charge in [-0.1, -0.05) is 0 Å². The average Bonchev–Trinajstić information content (AvgIpc) is 2.07. The molecule has 0 bridgehead atoms. The molecule has 14 heteroatoms. The second-order valence-corrected chi connectivity index (χ2v) is 3.48. The fourth-order valence-electron chi connectivity index (χ4n) is 1.23. The smallest absolute Gasteiger partial charge is 0.259 e. The fraction of sp³-hybridized carbons (Fsp3) is 0.500. The summed E-state index contributed by atoms with van der Waals surface area (Å²) in [5.74, 6) is -4.69. The van der Waals surface area contributed by atoms with Crippen molar-refractivity contribution >= 4 is 12.1 Å². The summed E-state index contributed by atoms with van der Waals surface area (Å²) in [5, 5.41) is 0. The zero-order chi connectivity index (χ0) is 18.3. The Kier molecular flexibility index (Phi) is 5.02. The van der Waals surface area contributed by atoms with Crippen molar-refractivity contribution in [2.24, 2.45) is 5.41 Å². The van der Waals surface area contributed by atoms with Crippen LogP contribution in [0.1, 0.15) is 0 Å². The maximum Gasteiger partial charge on any atom is 0.425 e. The first-order valence-corrected chi connectivity index (χ1v) is 4.43. The molecular formula is C8F12O2. The van der Waals surface area contributed by atoms with Gasteiger partial charge in [0.1, 0.15) is 0 Å². The number of alkyl halides is 9. The molecule has 0 aliphatic rings. The monoisotopic (exact) mass is 356 g/mol. The Morgan fingerprint density at radius 1 is 0.636 bits per heavy atom. The Morgan fingerprint density at radius 3 is 1.09 bits per heavy atom. The minimum atomic E-state index is -7.33. The van der Waals surface area contributed by atoms with Gasteiger partial charge < -0.3 is 0 Å². The molecule has 0 aliphatic carbocycles. The van der Waals surface area contributed by atoms with Gasteiger partial charge in [0.2, 0.25) is 0 Å². The molecule has 0 saturated carbocycles. The van der Waals surface area contributed by atoms with Gasteiger partial charge in [-0.25, -0.2) is 4.39 Å². The molecule has 0 heterocycles. The average molecular weight is 356 g/mol. The van der Waals surface area contributed by atoms with Crippen molar-refractivity contribution in [3.05, 3.63) is 11.4 Å². The van der Waals surface area contributed by atoms with E-state index in [4.69, 9.17) is 0 Å². The van der Waals surface area contributed by atoms with Crippen LogP contribution in [-0.2, 0) is 9.59 Å². The highest BCUT2D eigenvalue weighted by molar-refractivity contribution is 5.92. The van der Waals surface area contributed by atoms with Gasteiger partial charge in [0.15, 0.2) is 11.4 Å². The summed E-state index contributed by atoms with van der Waals surface area (Å²) in [4.78, 5) is 20.0. The van der Waals surface area contributed by atoms with E-state index in [-0.39, 0.29) is 0 Å². The zero-order valence-corrected chi connectivity index (χ0v) is 9.35. The molecule has 0 saturated heterocycles. The summed E-state index contributed by atoms with van der Waals surface area (Å²) < 4.78 is 148. The van der Waals surface area contributed by atoms with E-state index in [2.05, 4.69) is 0 Å². The summed E-state index contributed by atoms with van der Waals surface area (Å²) >= 11 is 0. The maximum atomic E-state index is 13.2. The minimum Gasteiger partial charge on any atom is -0.259 e. The number of rotatable bonds is 3. The van der Waals surface area contributed by atoms with E-state index in [1.54, 1.807) is 0 Å². The third kappa shape index (κ3) is 3.04. The minimum absolute atomic E-state index is 4.11. The third-order valence-electron chi connectivity index (χ3n) is 2.17. The number of allylic oxidation sites excluding steroid dienone is 2. The highest BCUT2D eigenvalue weighted by atomic mass is 19.4. The second-order valence-electron chi connectivity index (χ2n) is 3.48. The molecule has 0 aromatic rings.